The van der Waals surface area contributed by atoms with Gasteiger partial charge in [-0.2, -0.15) is 0 Å². The number of carbonyl (C=O) groups excluding carboxylic acids is 2. The van der Waals surface area contributed by atoms with Crippen LogP contribution in [0.3, 0.4) is 0 Å². The normalized spacial score (nSPS) is 20.9. The van der Waals surface area contributed by atoms with Crippen molar-refractivity contribution in [3.8, 4) is 0 Å². The van der Waals surface area contributed by atoms with E-state index in [-0.39, 0.29) is 35.1 Å². The maximum Gasteiger partial charge on any atom is 0.242 e. The third-order valence-corrected chi connectivity index (χ3v) is 6.08. The molecule has 2 amide bonds. The second-order valence-electron chi connectivity index (χ2n) is 8.26. The Balaban J connectivity index is 1.28. The van der Waals surface area contributed by atoms with E-state index < -0.39 is 13.0 Å². The number of pyridine rings is 1. The summed E-state index contributed by atoms with van der Waals surface area (Å²) in [4.78, 5) is 29.5. The lowest BCUT2D eigenvalue weighted by molar-refractivity contribution is -0.129. The monoisotopic (exact) mass is 456 g/mol. The fourth-order valence-corrected chi connectivity index (χ4v) is 4.28. The van der Waals surface area contributed by atoms with E-state index in [1.165, 1.54) is 18.0 Å². The van der Waals surface area contributed by atoms with Crippen molar-refractivity contribution in [3.05, 3.63) is 64.9 Å². The summed E-state index contributed by atoms with van der Waals surface area (Å²) in [5.74, 6) is -0.153. The van der Waals surface area contributed by atoms with Crippen molar-refractivity contribution in [1.82, 2.24) is 25.5 Å². The molecule has 1 aromatic carbocycles. The second-order valence-corrected chi connectivity index (χ2v) is 8.67. The van der Waals surface area contributed by atoms with Crippen molar-refractivity contribution >= 4 is 34.4 Å². The number of nitrogens with zero attached hydrogens (tertiary/aromatic N) is 2. The zero-order valence-electron chi connectivity index (χ0n) is 20.8. The van der Waals surface area contributed by atoms with E-state index >= 15 is 0 Å². The number of amides is 2. The van der Waals surface area contributed by atoms with E-state index in [1.807, 2.05) is 18.2 Å². The molecule has 1 aliphatic rings. The maximum absolute atomic E-state index is 12.7. The molecule has 3 heterocycles. The Morgan fingerprint density at radius 2 is 2.16 bits per heavy atom. The van der Waals surface area contributed by atoms with E-state index in [0.717, 1.165) is 24.0 Å². The summed E-state index contributed by atoms with van der Waals surface area (Å²) in [5.41, 5.74) is 2.16. The fourth-order valence-electron chi connectivity index (χ4n) is 4.04. The summed E-state index contributed by atoms with van der Waals surface area (Å²) in [5, 5.41) is 9.59. The number of aromatic nitrogens is 2. The molecule has 7 nitrogen and oxygen atoms in total. The van der Waals surface area contributed by atoms with Gasteiger partial charge in [-0.05, 0) is 49.4 Å². The first-order valence-corrected chi connectivity index (χ1v) is 11.0. The van der Waals surface area contributed by atoms with Gasteiger partial charge in [-0.3, -0.25) is 9.59 Å². The number of hydrogen-bond donors (Lipinski definition) is 3. The SMILES string of the molecule is [2H]C([2H])([2H])n1cc(Cl)c2cc(CNC(=O)C(C)NC(=O)[C@H]3C[C@H](Cc4ccccc4)CN3)cnc21. The van der Waals surface area contributed by atoms with E-state index in [0.29, 0.717) is 16.9 Å². The van der Waals surface area contributed by atoms with Gasteiger partial charge in [0.2, 0.25) is 11.8 Å². The molecule has 0 saturated carbocycles. The van der Waals surface area contributed by atoms with Gasteiger partial charge in [-0.25, -0.2) is 4.98 Å². The van der Waals surface area contributed by atoms with Crippen LogP contribution in [0, 0.1) is 5.92 Å². The molecule has 0 radical (unpaired) electrons. The quantitative estimate of drug-likeness (QED) is 0.510. The molecule has 3 N–H and O–H groups in total. The van der Waals surface area contributed by atoms with Gasteiger partial charge in [0, 0.05) is 35.4 Å². The third kappa shape index (κ3) is 5.11. The van der Waals surface area contributed by atoms with Crippen molar-refractivity contribution in [3.63, 3.8) is 0 Å². The largest absolute Gasteiger partial charge is 0.350 e. The average Bonchev–Trinajstić information content (AvgIpc) is 3.42. The standard InChI is InChI=1S/C24H28ClN5O2/c1-15(23(31)28-13-18-9-19-20(25)14-30(2)22(19)27-12-18)29-24(32)21-10-17(11-26-21)8-16-6-4-3-5-7-16/h3-7,9,12,14-15,17,21,26H,8,10-11,13H2,1-2H3,(H,28,31)(H,29,32)/t15?,17-,21+/m0/s1/i2D3. The molecular formula is C24H28ClN5O2. The smallest absolute Gasteiger partial charge is 0.242 e. The Kier molecular flexibility index (Phi) is 5.66. The lowest BCUT2D eigenvalue weighted by atomic mass is 9.96. The van der Waals surface area contributed by atoms with Gasteiger partial charge in [-0.1, -0.05) is 41.9 Å². The van der Waals surface area contributed by atoms with Gasteiger partial charge in [0.1, 0.15) is 11.7 Å². The van der Waals surface area contributed by atoms with Crippen LogP contribution in [0.4, 0.5) is 0 Å². The topological polar surface area (TPSA) is 88.0 Å². The van der Waals surface area contributed by atoms with Gasteiger partial charge < -0.3 is 20.5 Å². The van der Waals surface area contributed by atoms with Crippen molar-refractivity contribution in [1.29, 1.82) is 0 Å². The molecule has 0 aliphatic carbocycles. The molecule has 3 aromatic rings. The lowest BCUT2D eigenvalue weighted by Gasteiger charge is -2.17. The summed E-state index contributed by atoms with van der Waals surface area (Å²) in [6.45, 7) is 0.170. The first kappa shape index (κ1) is 18.7. The van der Waals surface area contributed by atoms with Crippen LogP contribution in [0.2, 0.25) is 5.02 Å². The number of benzene rings is 1. The van der Waals surface area contributed by atoms with Crippen LogP contribution < -0.4 is 16.0 Å². The van der Waals surface area contributed by atoms with Crippen LogP contribution in [-0.2, 0) is 29.5 Å². The minimum atomic E-state index is -2.39. The minimum absolute atomic E-state index is 0.165. The lowest BCUT2D eigenvalue weighted by Crippen LogP contribution is -2.49. The molecule has 0 spiro atoms. The van der Waals surface area contributed by atoms with Gasteiger partial charge in [0.05, 0.1) is 11.1 Å². The molecule has 1 aliphatic heterocycles. The number of carbonyl (C=O) groups is 2. The van der Waals surface area contributed by atoms with Crippen LogP contribution >= 0.6 is 11.6 Å². The number of nitrogens with one attached hydrogen (secondary N) is 3. The first-order valence-electron chi connectivity index (χ1n) is 12.1. The molecule has 32 heavy (non-hydrogen) atoms. The predicted octanol–water partition coefficient (Wildman–Crippen LogP) is 2.57. The number of rotatable bonds is 7. The number of halogens is 1. The third-order valence-electron chi connectivity index (χ3n) is 5.78. The van der Waals surface area contributed by atoms with Crippen LogP contribution in [-0.4, -0.2) is 40.0 Å². The molecule has 8 heteroatoms. The number of hydrogen-bond acceptors (Lipinski definition) is 4. The summed E-state index contributed by atoms with van der Waals surface area (Å²) < 4.78 is 23.8. The van der Waals surface area contributed by atoms with Gasteiger partial charge in [-0.15, -0.1) is 0 Å². The predicted molar refractivity (Wildman–Crippen MR) is 125 cm³/mol. The highest BCUT2D eigenvalue weighted by Gasteiger charge is 2.30. The molecule has 1 saturated heterocycles. The van der Waals surface area contributed by atoms with Crippen molar-refractivity contribution in [2.75, 3.05) is 6.54 Å². The Hall–Kier alpha value is -2.90. The van der Waals surface area contributed by atoms with E-state index in [4.69, 9.17) is 15.7 Å². The second kappa shape index (κ2) is 9.71. The molecule has 4 rings (SSSR count). The molecule has 0 bridgehead atoms. The van der Waals surface area contributed by atoms with Crippen LogP contribution in [0.15, 0.2) is 48.8 Å². The Labute approximate surface area is 196 Å². The van der Waals surface area contributed by atoms with Crippen molar-refractivity contribution < 1.29 is 13.7 Å². The minimum Gasteiger partial charge on any atom is -0.350 e. The number of fused-ring (bicyclic) bond motifs is 1. The zero-order valence-corrected chi connectivity index (χ0v) is 18.5. The summed E-state index contributed by atoms with van der Waals surface area (Å²) in [7, 11) is 0. The maximum atomic E-state index is 12.7. The molecule has 168 valence electrons. The van der Waals surface area contributed by atoms with Crippen LogP contribution in [0.1, 0.15) is 28.6 Å². The molecule has 1 fully saturated rings. The molecule has 1 unspecified atom stereocenters. The zero-order chi connectivity index (χ0) is 25.2. The summed E-state index contributed by atoms with van der Waals surface area (Å²) >= 11 is 6.19. The Morgan fingerprint density at radius 1 is 1.34 bits per heavy atom. The van der Waals surface area contributed by atoms with Crippen LogP contribution in [0.5, 0.6) is 0 Å². The van der Waals surface area contributed by atoms with E-state index in [2.05, 4.69) is 33.1 Å². The Bertz CT molecular complexity index is 1220. The average molecular weight is 457 g/mol. The Morgan fingerprint density at radius 3 is 2.94 bits per heavy atom. The van der Waals surface area contributed by atoms with Crippen LogP contribution in [0.25, 0.3) is 11.0 Å². The fraction of sp³-hybridized carbons (Fsp3) is 0.375. The van der Waals surface area contributed by atoms with E-state index in [9.17, 15) is 9.59 Å². The van der Waals surface area contributed by atoms with E-state index in [1.54, 1.807) is 13.0 Å². The van der Waals surface area contributed by atoms with Gasteiger partial charge in [0.25, 0.3) is 0 Å². The highest BCUT2D eigenvalue weighted by atomic mass is 35.5. The highest BCUT2D eigenvalue weighted by molar-refractivity contribution is 6.35. The highest BCUT2D eigenvalue weighted by Crippen LogP contribution is 2.24. The van der Waals surface area contributed by atoms with Crippen molar-refractivity contribution in [2.45, 2.75) is 38.4 Å². The molecule has 2 aromatic heterocycles. The van der Waals surface area contributed by atoms with Crippen molar-refractivity contribution in [2.24, 2.45) is 12.9 Å². The van der Waals surface area contributed by atoms with Gasteiger partial charge in [0.15, 0.2) is 0 Å². The molecule has 3 atom stereocenters. The first-order chi connectivity index (χ1) is 16.6. The summed E-state index contributed by atoms with van der Waals surface area (Å²) in [6.07, 6.45) is 4.45. The molecular weight excluding hydrogens is 426 g/mol. The van der Waals surface area contributed by atoms with Gasteiger partial charge >= 0.3 is 0 Å². The summed E-state index contributed by atoms with van der Waals surface area (Å²) in [6, 6.07) is 10.8. The number of aryl methyl sites for hydroxylation is 1.